The quantitative estimate of drug-likeness (QED) is 0.409. The van der Waals surface area contributed by atoms with Crippen LogP contribution in [-0.4, -0.2) is 88.5 Å². The fraction of sp³-hybridized carbons (Fsp3) is 0.947. The van der Waals surface area contributed by atoms with Crippen LogP contribution < -0.4 is 5.32 Å². The highest BCUT2D eigenvalue weighted by Crippen LogP contribution is 2.17. The standard InChI is InChI=1S/C19H38N4O2/c1-4-20-19(21-15-17-7-5-10-22(2)16-17)23-11-8-18(9-12-23)25-14-6-13-24-3/h17-18H,4-16H2,1-3H3,(H,20,21). The lowest BCUT2D eigenvalue weighted by Gasteiger charge is -2.35. The van der Waals surface area contributed by atoms with Gasteiger partial charge in [0, 0.05) is 53.0 Å². The fourth-order valence-corrected chi connectivity index (χ4v) is 3.75. The number of methoxy groups -OCH3 is 1. The molecule has 0 saturated carbocycles. The Bertz CT molecular complexity index is 384. The minimum atomic E-state index is 0.392. The Kier molecular flexibility index (Phi) is 9.58. The molecule has 0 spiro atoms. The molecular formula is C19H38N4O2. The SMILES string of the molecule is CCNC(=NCC1CCCN(C)C1)N1CCC(OCCCOC)CC1. The van der Waals surface area contributed by atoms with Gasteiger partial charge in [-0.25, -0.2) is 0 Å². The van der Waals surface area contributed by atoms with Crippen LogP contribution in [0.1, 0.15) is 39.0 Å². The summed E-state index contributed by atoms with van der Waals surface area (Å²) < 4.78 is 11.0. The van der Waals surface area contributed by atoms with E-state index in [0.717, 1.165) is 64.6 Å². The maximum atomic E-state index is 5.97. The summed E-state index contributed by atoms with van der Waals surface area (Å²) in [5.41, 5.74) is 0. The second kappa shape index (κ2) is 11.7. The average molecular weight is 355 g/mol. The number of hydrogen-bond donors (Lipinski definition) is 1. The molecular weight excluding hydrogens is 316 g/mol. The van der Waals surface area contributed by atoms with Crippen molar-refractivity contribution in [1.82, 2.24) is 15.1 Å². The van der Waals surface area contributed by atoms with Crippen LogP contribution in [0.15, 0.2) is 4.99 Å². The molecule has 0 aliphatic carbocycles. The van der Waals surface area contributed by atoms with Gasteiger partial charge in [-0.2, -0.15) is 0 Å². The number of likely N-dealkylation sites (tertiary alicyclic amines) is 2. The van der Waals surface area contributed by atoms with Gasteiger partial charge < -0.3 is 24.6 Å². The largest absolute Gasteiger partial charge is 0.385 e. The maximum absolute atomic E-state index is 5.97. The molecule has 1 atom stereocenters. The summed E-state index contributed by atoms with van der Waals surface area (Å²) in [4.78, 5) is 9.80. The van der Waals surface area contributed by atoms with Crippen molar-refractivity contribution in [2.75, 3.05) is 66.6 Å². The zero-order chi connectivity index (χ0) is 17.9. The summed E-state index contributed by atoms with van der Waals surface area (Å²) >= 11 is 0. The summed E-state index contributed by atoms with van der Waals surface area (Å²) in [6, 6.07) is 0. The predicted molar refractivity (Wildman–Crippen MR) is 103 cm³/mol. The Morgan fingerprint density at radius 3 is 2.64 bits per heavy atom. The third-order valence-corrected chi connectivity index (χ3v) is 5.14. The monoisotopic (exact) mass is 354 g/mol. The van der Waals surface area contributed by atoms with Crippen LogP contribution in [0.5, 0.6) is 0 Å². The lowest BCUT2D eigenvalue weighted by Crippen LogP contribution is -2.47. The van der Waals surface area contributed by atoms with Crippen molar-refractivity contribution < 1.29 is 9.47 Å². The second-order valence-corrected chi connectivity index (χ2v) is 7.37. The fourth-order valence-electron chi connectivity index (χ4n) is 3.75. The van der Waals surface area contributed by atoms with E-state index in [0.29, 0.717) is 12.0 Å². The molecule has 2 aliphatic heterocycles. The molecule has 146 valence electrons. The van der Waals surface area contributed by atoms with Gasteiger partial charge in [0.05, 0.1) is 6.10 Å². The van der Waals surface area contributed by atoms with Gasteiger partial charge in [0.1, 0.15) is 0 Å². The van der Waals surface area contributed by atoms with Gasteiger partial charge in [0.25, 0.3) is 0 Å². The summed E-state index contributed by atoms with van der Waals surface area (Å²) in [7, 11) is 3.96. The predicted octanol–water partition coefficient (Wildman–Crippen LogP) is 1.81. The Hall–Kier alpha value is -0.850. The van der Waals surface area contributed by atoms with E-state index < -0.39 is 0 Å². The lowest BCUT2D eigenvalue weighted by atomic mass is 9.99. The molecule has 2 rings (SSSR count). The van der Waals surface area contributed by atoms with Crippen molar-refractivity contribution >= 4 is 5.96 Å². The third-order valence-electron chi connectivity index (χ3n) is 5.14. The second-order valence-electron chi connectivity index (χ2n) is 7.37. The van der Waals surface area contributed by atoms with E-state index in [2.05, 4.69) is 29.1 Å². The van der Waals surface area contributed by atoms with Crippen molar-refractivity contribution in [3.63, 3.8) is 0 Å². The molecule has 25 heavy (non-hydrogen) atoms. The molecule has 0 radical (unpaired) electrons. The minimum Gasteiger partial charge on any atom is -0.385 e. The Morgan fingerprint density at radius 1 is 1.16 bits per heavy atom. The van der Waals surface area contributed by atoms with Gasteiger partial charge in [0.2, 0.25) is 0 Å². The number of nitrogens with zero attached hydrogens (tertiary/aromatic N) is 3. The molecule has 2 saturated heterocycles. The molecule has 6 nitrogen and oxygen atoms in total. The molecule has 0 aromatic carbocycles. The van der Waals surface area contributed by atoms with E-state index in [1.165, 1.54) is 25.9 Å². The Balaban J connectivity index is 1.75. The van der Waals surface area contributed by atoms with Crippen LogP contribution in [-0.2, 0) is 9.47 Å². The van der Waals surface area contributed by atoms with Crippen molar-refractivity contribution in [2.24, 2.45) is 10.9 Å². The van der Waals surface area contributed by atoms with E-state index in [1.54, 1.807) is 7.11 Å². The molecule has 2 fully saturated rings. The van der Waals surface area contributed by atoms with Crippen LogP contribution in [0.2, 0.25) is 0 Å². The Morgan fingerprint density at radius 2 is 1.96 bits per heavy atom. The molecule has 1 N–H and O–H groups in total. The maximum Gasteiger partial charge on any atom is 0.193 e. The summed E-state index contributed by atoms with van der Waals surface area (Å²) in [6.45, 7) is 10.1. The van der Waals surface area contributed by atoms with Gasteiger partial charge in [-0.15, -0.1) is 0 Å². The van der Waals surface area contributed by atoms with Crippen LogP contribution in [0.25, 0.3) is 0 Å². The van der Waals surface area contributed by atoms with Crippen molar-refractivity contribution in [2.45, 2.75) is 45.1 Å². The summed E-state index contributed by atoms with van der Waals surface area (Å²) in [5, 5.41) is 3.48. The molecule has 1 unspecified atom stereocenters. The van der Waals surface area contributed by atoms with E-state index in [1.807, 2.05) is 0 Å². The first-order valence-electron chi connectivity index (χ1n) is 10.0. The zero-order valence-electron chi connectivity index (χ0n) is 16.5. The van der Waals surface area contributed by atoms with Gasteiger partial charge in [-0.1, -0.05) is 0 Å². The first-order chi connectivity index (χ1) is 12.2. The number of guanidine groups is 1. The highest BCUT2D eigenvalue weighted by Gasteiger charge is 2.23. The normalized spacial score (nSPS) is 23.9. The number of hydrogen-bond acceptors (Lipinski definition) is 4. The lowest BCUT2D eigenvalue weighted by molar-refractivity contribution is 0.00988. The van der Waals surface area contributed by atoms with Gasteiger partial charge in [0.15, 0.2) is 5.96 Å². The number of ether oxygens (including phenoxy) is 2. The van der Waals surface area contributed by atoms with Crippen molar-refractivity contribution in [3.8, 4) is 0 Å². The van der Waals surface area contributed by atoms with Crippen LogP contribution in [0.3, 0.4) is 0 Å². The smallest absolute Gasteiger partial charge is 0.193 e. The molecule has 2 aliphatic rings. The van der Waals surface area contributed by atoms with E-state index in [4.69, 9.17) is 14.5 Å². The molecule has 0 bridgehead atoms. The highest BCUT2D eigenvalue weighted by molar-refractivity contribution is 5.80. The first-order valence-corrected chi connectivity index (χ1v) is 10.0. The third kappa shape index (κ3) is 7.50. The number of aliphatic imine (C=N–C) groups is 1. The van der Waals surface area contributed by atoms with E-state index in [-0.39, 0.29) is 0 Å². The van der Waals surface area contributed by atoms with Crippen LogP contribution in [0.4, 0.5) is 0 Å². The summed E-state index contributed by atoms with van der Waals surface area (Å²) in [6.07, 6.45) is 6.16. The van der Waals surface area contributed by atoms with Crippen molar-refractivity contribution in [3.05, 3.63) is 0 Å². The van der Waals surface area contributed by atoms with Crippen LogP contribution >= 0.6 is 0 Å². The van der Waals surface area contributed by atoms with E-state index in [9.17, 15) is 0 Å². The minimum absolute atomic E-state index is 0.392. The molecule has 0 amide bonds. The molecule has 0 aromatic heterocycles. The van der Waals surface area contributed by atoms with Gasteiger partial charge in [-0.05, 0) is 58.5 Å². The highest BCUT2D eigenvalue weighted by atomic mass is 16.5. The van der Waals surface area contributed by atoms with Crippen molar-refractivity contribution in [1.29, 1.82) is 0 Å². The van der Waals surface area contributed by atoms with E-state index >= 15 is 0 Å². The Labute approximate surface area is 153 Å². The number of rotatable bonds is 8. The topological polar surface area (TPSA) is 49.3 Å². The zero-order valence-corrected chi connectivity index (χ0v) is 16.5. The number of nitrogens with one attached hydrogen (secondary N) is 1. The average Bonchev–Trinajstić information content (AvgIpc) is 2.63. The van der Waals surface area contributed by atoms with Gasteiger partial charge >= 0.3 is 0 Å². The summed E-state index contributed by atoms with van der Waals surface area (Å²) in [5.74, 6) is 1.79. The van der Waals surface area contributed by atoms with Gasteiger partial charge in [-0.3, -0.25) is 4.99 Å². The first kappa shape index (κ1) is 20.5. The molecule has 2 heterocycles. The van der Waals surface area contributed by atoms with Crippen LogP contribution in [0, 0.1) is 5.92 Å². The molecule has 0 aromatic rings. The molecule has 6 heteroatoms. The number of piperidine rings is 2.